The Morgan fingerprint density at radius 1 is 0.824 bits per heavy atom. The van der Waals surface area contributed by atoms with Crippen molar-refractivity contribution in [2.75, 3.05) is 38.0 Å². The molecule has 0 fully saturated rings. The Kier molecular flexibility index (Phi) is 3.38. The summed E-state index contributed by atoms with van der Waals surface area (Å²) in [5, 5.41) is 4.31. The zero-order valence-electron chi connectivity index (χ0n) is 10.8. The third-order valence-electron chi connectivity index (χ3n) is 2.79. The van der Waals surface area contributed by atoms with Crippen molar-refractivity contribution in [2.45, 2.75) is 0 Å². The fraction of sp³-hybridized carbons (Fsp3) is 0.286. The van der Waals surface area contributed by atoms with E-state index in [1.807, 2.05) is 0 Å². The molecule has 0 aliphatic rings. The van der Waals surface area contributed by atoms with E-state index in [0.717, 1.165) is 0 Å². The molecular formula is C14H18N2S. The molecule has 0 aliphatic heterocycles. The summed E-state index contributed by atoms with van der Waals surface area (Å²) in [4.78, 5) is 4.28. The molecule has 2 nitrogen and oxygen atoms in total. The fourth-order valence-corrected chi connectivity index (χ4v) is 2.37. The standard InChI is InChI=1S/C14H18N2S/c1-15(2)13-7-12(11-5-6-17-10-11)8-14(9-13)16(3)4/h5-10H,1-4H3. The second kappa shape index (κ2) is 4.80. The minimum atomic E-state index is 1.23. The van der Waals surface area contributed by atoms with Gasteiger partial charge in [-0.25, -0.2) is 0 Å². The maximum absolute atomic E-state index is 2.23. The first-order valence-electron chi connectivity index (χ1n) is 5.60. The van der Waals surface area contributed by atoms with Crippen LogP contribution in [0.4, 0.5) is 11.4 Å². The molecule has 1 aromatic heterocycles. The van der Waals surface area contributed by atoms with Gasteiger partial charge in [-0.15, -0.1) is 0 Å². The normalized spacial score (nSPS) is 10.4. The average molecular weight is 246 g/mol. The zero-order chi connectivity index (χ0) is 12.4. The van der Waals surface area contributed by atoms with Gasteiger partial charge in [0.05, 0.1) is 0 Å². The number of nitrogens with zero attached hydrogens (tertiary/aromatic N) is 2. The van der Waals surface area contributed by atoms with Crippen LogP contribution >= 0.6 is 11.3 Å². The van der Waals surface area contributed by atoms with E-state index in [0.29, 0.717) is 0 Å². The van der Waals surface area contributed by atoms with Gasteiger partial charge in [-0.2, -0.15) is 11.3 Å². The molecule has 0 amide bonds. The van der Waals surface area contributed by atoms with E-state index >= 15 is 0 Å². The van der Waals surface area contributed by atoms with Crippen LogP contribution in [0.3, 0.4) is 0 Å². The van der Waals surface area contributed by atoms with Crippen LogP contribution in [0.2, 0.25) is 0 Å². The van der Waals surface area contributed by atoms with Gasteiger partial charge in [0.1, 0.15) is 0 Å². The van der Waals surface area contributed by atoms with Crippen LogP contribution in [0.25, 0.3) is 11.1 Å². The first-order chi connectivity index (χ1) is 8.08. The Hall–Kier alpha value is -1.48. The Morgan fingerprint density at radius 3 is 1.82 bits per heavy atom. The SMILES string of the molecule is CN(C)c1cc(-c2ccsc2)cc(N(C)C)c1. The van der Waals surface area contributed by atoms with Crippen LogP contribution in [0, 0.1) is 0 Å². The molecule has 1 heterocycles. The lowest BCUT2D eigenvalue weighted by Crippen LogP contribution is -2.12. The van der Waals surface area contributed by atoms with Gasteiger partial charge < -0.3 is 9.80 Å². The van der Waals surface area contributed by atoms with Gasteiger partial charge in [-0.1, -0.05) is 0 Å². The predicted octanol–water partition coefficient (Wildman–Crippen LogP) is 3.55. The van der Waals surface area contributed by atoms with Crippen molar-refractivity contribution < 1.29 is 0 Å². The van der Waals surface area contributed by atoms with Crippen LogP contribution in [-0.4, -0.2) is 28.2 Å². The monoisotopic (exact) mass is 246 g/mol. The molecule has 90 valence electrons. The summed E-state index contributed by atoms with van der Waals surface area (Å²) in [6.45, 7) is 0. The molecule has 0 aliphatic carbocycles. The third kappa shape index (κ3) is 2.61. The molecule has 0 atom stereocenters. The fourth-order valence-electron chi connectivity index (χ4n) is 1.71. The van der Waals surface area contributed by atoms with Gasteiger partial charge in [-0.05, 0) is 46.2 Å². The van der Waals surface area contributed by atoms with Crippen molar-refractivity contribution in [3.05, 3.63) is 35.0 Å². The summed E-state index contributed by atoms with van der Waals surface area (Å²) < 4.78 is 0. The highest BCUT2D eigenvalue weighted by molar-refractivity contribution is 7.08. The Bertz CT molecular complexity index is 461. The highest BCUT2D eigenvalue weighted by Gasteiger charge is 2.06. The van der Waals surface area contributed by atoms with Gasteiger partial charge in [0.15, 0.2) is 0 Å². The van der Waals surface area contributed by atoms with Gasteiger partial charge >= 0.3 is 0 Å². The number of benzene rings is 1. The Morgan fingerprint density at radius 2 is 1.41 bits per heavy atom. The van der Waals surface area contributed by atoms with Crippen LogP contribution in [0.1, 0.15) is 0 Å². The van der Waals surface area contributed by atoms with E-state index in [-0.39, 0.29) is 0 Å². The number of anilines is 2. The van der Waals surface area contributed by atoms with Crippen LogP contribution in [0.5, 0.6) is 0 Å². The number of thiophene rings is 1. The van der Waals surface area contributed by atoms with Gasteiger partial charge in [-0.3, -0.25) is 0 Å². The predicted molar refractivity (Wildman–Crippen MR) is 78.4 cm³/mol. The summed E-state index contributed by atoms with van der Waals surface area (Å²) in [5.41, 5.74) is 5.04. The highest BCUT2D eigenvalue weighted by atomic mass is 32.1. The van der Waals surface area contributed by atoms with Crippen molar-refractivity contribution in [2.24, 2.45) is 0 Å². The summed E-state index contributed by atoms with van der Waals surface area (Å²) >= 11 is 1.74. The van der Waals surface area contributed by atoms with Gasteiger partial charge in [0.2, 0.25) is 0 Å². The largest absolute Gasteiger partial charge is 0.378 e. The molecule has 0 bridgehead atoms. The minimum absolute atomic E-state index is 1.23. The number of rotatable bonds is 3. The average Bonchev–Trinajstić information content (AvgIpc) is 2.81. The smallest absolute Gasteiger partial charge is 0.0388 e. The second-order valence-corrected chi connectivity index (χ2v) is 5.32. The van der Waals surface area contributed by atoms with E-state index in [4.69, 9.17) is 0 Å². The van der Waals surface area contributed by atoms with E-state index in [2.05, 4.69) is 73.0 Å². The molecule has 0 unspecified atom stereocenters. The lowest BCUT2D eigenvalue weighted by molar-refractivity contribution is 1.10. The summed E-state index contributed by atoms with van der Waals surface area (Å²) in [5.74, 6) is 0. The number of hydrogen-bond acceptors (Lipinski definition) is 3. The zero-order valence-corrected chi connectivity index (χ0v) is 11.6. The van der Waals surface area contributed by atoms with Crippen LogP contribution in [-0.2, 0) is 0 Å². The summed E-state index contributed by atoms with van der Waals surface area (Å²) in [6, 6.07) is 8.83. The minimum Gasteiger partial charge on any atom is -0.378 e. The molecule has 0 spiro atoms. The maximum atomic E-state index is 2.23. The first-order valence-corrected chi connectivity index (χ1v) is 6.54. The van der Waals surface area contributed by atoms with Crippen molar-refractivity contribution in [1.82, 2.24) is 0 Å². The maximum Gasteiger partial charge on any atom is 0.0388 e. The van der Waals surface area contributed by atoms with E-state index in [1.165, 1.54) is 22.5 Å². The lowest BCUT2D eigenvalue weighted by Gasteiger charge is -2.19. The number of hydrogen-bond donors (Lipinski definition) is 0. The van der Waals surface area contributed by atoms with Crippen molar-refractivity contribution >= 4 is 22.7 Å². The summed E-state index contributed by atoms with van der Waals surface area (Å²) in [7, 11) is 8.30. The van der Waals surface area contributed by atoms with E-state index in [9.17, 15) is 0 Å². The summed E-state index contributed by atoms with van der Waals surface area (Å²) in [6.07, 6.45) is 0. The van der Waals surface area contributed by atoms with E-state index < -0.39 is 0 Å². The Balaban J connectivity index is 2.52. The van der Waals surface area contributed by atoms with Crippen LogP contribution in [0.15, 0.2) is 35.0 Å². The lowest BCUT2D eigenvalue weighted by atomic mass is 10.1. The molecule has 2 rings (SSSR count). The molecule has 0 radical (unpaired) electrons. The van der Waals surface area contributed by atoms with Crippen LogP contribution < -0.4 is 9.80 Å². The molecule has 3 heteroatoms. The molecule has 2 aromatic rings. The quantitative estimate of drug-likeness (QED) is 0.817. The highest BCUT2D eigenvalue weighted by Crippen LogP contribution is 2.30. The molecule has 0 N–H and O–H groups in total. The first kappa shape index (κ1) is 12.0. The van der Waals surface area contributed by atoms with Gasteiger partial charge in [0, 0.05) is 39.6 Å². The second-order valence-electron chi connectivity index (χ2n) is 4.54. The molecular weight excluding hydrogens is 228 g/mol. The molecule has 0 saturated carbocycles. The third-order valence-corrected chi connectivity index (χ3v) is 3.47. The van der Waals surface area contributed by atoms with Gasteiger partial charge in [0.25, 0.3) is 0 Å². The Labute approximate surface area is 107 Å². The molecule has 1 aromatic carbocycles. The van der Waals surface area contributed by atoms with Crippen molar-refractivity contribution in [3.63, 3.8) is 0 Å². The van der Waals surface area contributed by atoms with Crippen molar-refractivity contribution in [3.8, 4) is 11.1 Å². The molecule has 0 saturated heterocycles. The topological polar surface area (TPSA) is 6.48 Å². The molecule has 17 heavy (non-hydrogen) atoms. The van der Waals surface area contributed by atoms with E-state index in [1.54, 1.807) is 11.3 Å². The van der Waals surface area contributed by atoms with Crippen molar-refractivity contribution in [1.29, 1.82) is 0 Å².